The number of aromatic nitrogens is 3. The monoisotopic (exact) mass is 358 g/mol. The Labute approximate surface area is 146 Å². The van der Waals surface area contributed by atoms with Gasteiger partial charge in [0.25, 0.3) is 0 Å². The molecule has 0 bridgehead atoms. The van der Waals surface area contributed by atoms with Crippen LogP contribution in [-0.4, -0.2) is 56.7 Å². The summed E-state index contributed by atoms with van der Waals surface area (Å²) in [6.45, 7) is 6.76. The molecule has 0 saturated carbocycles. The van der Waals surface area contributed by atoms with E-state index in [2.05, 4.69) is 15.0 Å². The van der Waals surface area contributed by atoms with E-state index < -0.39 is 11.6 Å². The molecule has 1 aromatic heterocycles. The van der Waals surface area contributed by atoms with Crippen LogP contribution in [-0.2, 0) is 9.47 Å². The van der Waals surface area contributed by atoms with Crippen molar-refractivity contribution in [2.24, 2.45) is 0 Å². The summed E-state index contributed by atoms with van der Waals surface area (Å²) >= 11 is 5.37. The molecule has 1 aliphatic rings. The van der Waals surface area contributed by atoms with Crippen LogP contribution in [0.3, 0.4) is 0 Å². The van der Waals surface area contributed by atoms with Crippen molar-refractivity contribution in [3.05, 3.63) is 11.9 Å². The molecule has 0 spiro atoms. The van der Waals surface area contributed by atoms with Gasteiger partial charge in [-0.1, -0.05) is 16.8 Å². The number of amides is 1. The van der Waals surface area contributed by atoms with Gasteiger partial charge in [-0.25, -0.2) is 14.3 Å². The van der Waals surface area contributed by atoms with E-state index in [1.54, 1.807) is 15.8 Å². The molecule has 1 unspecified atom stereocenters. The molecule has 1 amide bonds. The lowest BCUT2D eigenvalue weighted by molar-refractivity contribution is 0.0255. The highest BCUT2D eigenvalue weighted by molar-refractivity contribution is 6.17. The summed E-state index contributed by atoms with van der Waals surface area (Å²) in [4.78, 5) is 25.5. The molecule has 0 aromatic carbocycles. The largest absolute Gasteiger partial charge is 0.445 e. The molecule has 9 heteroatoms. The lowest BCUT2D eigenvalue weighted by atomic mass is 10.1. The molecule has 1 atom stereocenters. The number of hydrogen-bond acceptors (Lipinski definition) is 6. The fraction of sp³-hybridized carbons (Fsp3) is 0.733. The molecule has 8 nitrogen and oxygen atoms in total. The van der Waals surface area contributed by atoms with Crippen LogP contribution in [0.25, 0.3) is 0 Å². The number of likely N-dealkylation sites (tertiary alicyclic amines) is 1. The lowest BCUT2D eigenvalue weighted by Crippen LogP contribution is -2.37. The molecule has 2 rings (SSSR count). The van der Waals surface area contributed by atoms with Gasteiger partial charge in [-0.15, -0.1) is 5.10 Å². The minimum Gasteiger partial charge on any atom is -0.445 e. The highest BCUT2D eigenvalue weighted by atomic mass is 35.5. The molecule has 1 aliphatic heterocycles. The van der Waals surface area contributed by atoms with Gasteiger partial charge in [0.2, 0.25) is 0 Å². The van der Waals surface area contributed by atoms with Crippen LogP contribution >= 0.6 is 11.6 Å². The fourth-order valence-electron chi connectivity index (χ4n) is 2.52. The molecule has 1 aromatic rings. The normalized spacial score (nSPS) is 18.8. The highest BCUT2D eigenvalue weighted by Crippen LogP contribution is 2.23. The van der Waals surface area contributed by atoms with E-state index in [0.717, 1.165) is 12.8 Å². The minimum absolute atomic E-state index is 0.0717. The molecule has 24 heavy (non-hydrogen) atoms. The first-order valence-electron chi connectivity index (χ1n) is 7.93. The van der Waals surface area contributed by atoms with E-state index in [4.69, 9.17) is 16.3 Å². The highest BCUT2D eigenvalue weighted by Gasteiger charge is 2.26. The van der Waals surface area contributed by atoms with Gasteiger partial charge in [0.1, 0.15) is 5.60 Å². The maximum absolute atomic E-state index is 12.2. The number of halogens is 1. The summed E-state index contributed by atoms with van der Waals surface area (Å²) < 4.78 is 11.8. The summed E-state index contributed by atoms with van der Waals surface area (Å²) in [5.74, 6) is -0.597. The van der Waals surface area contributed by atoms with Gasteiger partial charge in [0.15, 0.2) is 11.8 Å². The van der Waals surface area contributed by atoms with E-state index in [0.29, 0.717) is 19.5 Å². The van der Waals surface area contributed by atoms with Crippen LogP contribution in [0.5, 0.6) is 0 Å². The first kappa shape index (κ1) is 18.5. The van der Waals surface area contributed by atoms with Crippen molar-refractivity contribution in [1.82, 2.24) is 19.9 Å². The van der Waals surface area contributed by atoms with Gasteiger partial charge < -0.3 is 14.4 Å². The number of carbonyl (C=O) groups is 2. The van der Waals surface area contributed by atoms with E-state index in [-0.39, 0.29) is 23.9 Å². The number of rotatable bonds is 3. The maximum atomic E-state index is 12.2. The Morgan fingerprint density at radius 1 is 1.33 bits per heavy atom. The zero-order valence-electron chi connectivity index (χ0n) is 14.2. The van der Waals surface area contributed by atoms with Crippen LogP contribution in [0.2, 0.25) is 0 Å². The average Bonchev–Trinajstić information content (AvgIpc) is 2.84. The average molecular weight is 359 g/mol. The summed E-state index contributed by atoms with van der Waals surface area (Å²) in [6.07, 6.45) is 3.64. The summed E-state index contributed by atoms with van der Waals surface area (Å²) in [6, 6.07) is -0.151. The van der Waals surface area contributed by atoms with Gasteiger partial charge >= 0.3 is 12.1 Å². The van der Waals surface area contributed by atoms with Gasteiger partial charge in [0, 0.05) is 13.1 Å². The third-order valence-corrected chi connectivity index (χ3v) is 3.74. The van der Waals surface area contributed by atoms with Crippen LogP contribution in [0.1, 0.15) is 56.6 Å². The molecule has 1 saturated heterocycles. The number of nitrogens with zero attached hydrogens (tertiary/aromatic N) is 4. The first-order chi connectivity index (χ1) is 11.3. The minimum atomic E-state index is -0.597. The van der Waals surface area contributed by atoms with Gasteiger partial charge in [-0.3, -0.25) is 0 Å². The Morgan fingerprint density at radius 2 is 2.08 bits per heavy atom. The van der Waals surface area contributed by atoms with E-state index in [1.807, 2.05) is 20.8 Å². The third-order valence-electron chi connectivity index (χ3n) is 3.63. The molecule has 2 heterocycles. The second-order valence-corrected chi connectivity index (χ2v) is 6.90. The predicted molar refractivity (Wildman–Crippen MR) is 86.9 cm³/mol. The molecule has 1 fully saturated rings. The van der Waals surface area contributed by atoms with Crippen molar-refractivity contribution in [3.63, 3.8) is 0 Å². The smallest absolute Gasteiger partial charge is 0.410 e. The van der Waals surface area contributed by atoms with E-state index in [9.17, 15) is 9.59 Å². The van der Waals surface area contributed by atoms with Gasteiger partial charge in [-0.05, 0) is 40.0 Å². The second-order valence-electron chi connectivity index (χ2n) is 6.68. The summed E-state index contributed by atoms with van der Waals surface area (Å²) in [7, 11) is 0. The SMILES string of the molecule is CC(C)(C)OC(=O)N1CCCC(n2cc(C(=O)OCCl)nn2)CC1. The zero-order chi connectivity index (χ0) is 17.7. The van der Waals surface area contributed by atoms with Crippen LogP contribution in [0.15, 0.2) is 6.20 Å². The number of alkyl halides is 1. The summed E-state index contributed by atoms with van der Waals surface area (Å²) in [5.41, 5.74) is -0.379. The van der Waals surface area contributed by atoms with Crippen LogP contribution < -0.4 is 0 Å². The van der Waals surface area contributed by atoms with Crippen molar-refractivity contribution in [2.45, 2.75) is 51.7 Å². The van der Waals surface area contributed by atoms with Crippen molar-refractivity contribution >= 4 is 23.7 Å². The number of carbonyl (C=O) groups excluding carboxylic acids is 2. The molecule has 134 valence electrons. The summed E-state index contributed by atoms with van der Waals surface area (Å²) in [5, 5.41) is 7.82. The molecule has 0 N–H and O–H groups in total. The zero-order valence-corrected chi connectivity index (χ0v) is 15.0. The topological polar surface area (TPSA) is 86.5 Å². The van der Waals surface area contributed by atoms with E-state index in [1.165, 1.54) is 0 Å². The molecular weight excluding hydrogens is 336 g/mol. The Balaban J connectivity index is 1.96. The Kier molecular flexibility index (Phi) is 6.04. The Bertz CT molecular complexity index is 584. The van der Waals surface area contributed by atoms with Crippen molar-refractivity contribution in [1.29, 1.82) is 0 Å². The van der Waals surface area contributed by atoms with Crippen LogP contribution in [0, 0.1) is 0 Å². The van der Waals surface area contributed by atoms with Crippen molar-refractivity contribution < 1.29 is 19.1 Å². The first-order valence-corrected chi connectivity index (χ1v) is 8.46. The van der Waals surface area contributed by atoms with Crippen molar-refractivity contribution in [3.8, 4) is 0 Å². The number of esters is 1. The Morgan fingerprint density at radius 3 is 2.75 bits per heavy atom. The third kappa shape index (κ3) is 5.09. The number of hydrogen-bond donors (Lipinski definition) is 0. The quantitative estimate of drug-likeness (QED) is 0.609. The van der Waals surface area contributed by atoms with Gasteiger partial charge in [-0.2, -0.15) is 0 Å². The van der Waals surface area contributed by atoms with E-state index >= 15 is 0 Å². The predicted octanol–water partition coefficient (Wildman–Crippen LogP) is 2.59. The maximum Gasteiger partial charge on any atom is 0.410 e. The standard InChI is InChI=1S/C15H23ClN4O4/c1-15(2,3)24-14(22)19-7-4-5-11(6-8-19)20-9-12(17-18-20)13(21)23-10-16/h9,11H,4-8,10H2,1-3H3. The Hall–Kier alpha value is -1.83. The van der Waals surface area contributed by atoms with Crippen molar-refractivity contribution in [2.75, 3.05) is 19.2 Å². The lowest BCUT2D eigenvalue weighted by Gasteiger charge is -2.26. The van der Waals surface area contributed by atoms with Gasteiger partial charge in [0.05, 0.1) is 12.2 Å². The fourth-order valence-corrected chi connectivity index (χ4v) is 2.62. The molecule has 0 aliphatic carbocycles. The number of ether oxygens (including phenoxy) is 2. The molecular formula is C15H23ClN4O4. The molecule has 0 radical (unpaired) electrons. The van der Waals surface area contributed by atoms with Crippen LogP contribution in [0.4, 0.5) is 4.79 Å². The second kappa shape index (κ2) is 7.83.